The molecule has 0 aliphatic heterocycles. The molecule has 1 aromatic heterocycles. The lowest BCUT2D eigenvalue weighted by Gasteiger charge is -2.13. The van der Waals surface area contributed by atoms with Crippen LogP contribution in [0.15, 0.2) is 72.9 Å². The number of methoxy groups -OCH3 is 1. The summed E-state index contributed by atoms with van der Waals surface area (Å²) >= 11 is 12.4. The highest BCUT2D eigenvalue weighted by molar-refractivity contribution is 6.36. The Labute approximate surface area is 214 Å². The lowest BCUT2D eigenvalue weighted by atomic mass is 10.1. The van der Waals surface area contributed by atoms with Crippen LogP contribution in [0.5, 0.6) is 11.5 Å². The molecule has 8 heteroatoms. The summed E-state index contributed by atoms with van der Waals surface area (Å²) in [5.74, 6) is 1.72. The van der Waals surface area contributed by atoms with E-state index in [1.54, 1.807) is 36.4 Å². The first-order valence-corrected chi connectivity index (χ1v) is 11.9. The lowest BCUT2D eigenvalue weighted by Crippen LogP contribution is -2.18. The summed E-state index contributed by atoms with van der Waals surface area (Å²) in [5.41, 5.74) is 9.67. The third-order valence-corrected chi connectivity index (χ3v) is 6.12. The van der Waals surface area contributed by atoms with Gasteiger partial charge in [-0.2, -0.15) is 0 Å². The number of nitrogens with zero attached hydrogens (tertiary/aromatic N) is 2. The number of hydrogen-bond donors (Lipinski definition) is 1. The summed E-state index contributed by atoms with van der Waals surface area (Å²) in [4.78, 5) is 16.4. The maximum absolute atomic E-state index is 11.6. The van der Waals surface area contributed by atoms with E-state index in [0.29, 0.717) is 33.5 Å². The van der Waals surface area contributed by atoms with Gasteiger partial charge in [-0.15, -0.1) is 0 Å². The Morgan fingerprint density at radius 1 is 1.03 bits per heavy atom. The van der Waals surface area contributed by atoms with Crippen LogP contribution in [-0.2, 0) is 17.7 Å². The van der Waals surface area contributed by atoms with Crippen molar-refractivity contribution in [1.29, 1.82) is 0 Å². The fourth-order valence-corrected chi connectivity index (χ4v) is 4.26. The van der Waals surface area contributed by atoms with Gasteiger partial charge in [0.25, 0.3) is 0 Å². The normalized spacial score (nSPS) is 11.8. The third-order valence-electron chi connectivity index (χ3n) is 5.58. The van der Waals surface area contributed by atoms with Gasteiger partial charge in [0.2, 0.25) is 0 Å². The molecule has 0 bridgehead atoms. The second-order valence-electron chi connectivity index (χ2n) is 7.97. The van der Waals surface area contributed by atoms with Crippen molar-refractivity contribution in [3.8, 4) is 22.8 Å². The van der Waals surface area contributed by atoms with E-state index in [1.807, 2.05) is 41.1 Å². The molecule has 1 unspecified atom stereocenters. The Kier molecular flexibility index (Phi) is 7.76. The monoisotopic (exact) mass is 509 g/mol. The van der Waals surface area contributed by atoms with E-state index < -0.39 is 0 Å². The number of esters is 1. The van der Waals surface area contributed by atoms with Gasteiger partial charge in [-0.1, -0.05) is 35.3 Å². The van der Waals surface area contributed by atoms with Gasteiger partial charge in [-0.05, 0) is 73.5 Å². The Bertz CT molecular complexity index is 1320. The Morgan fingerprint density at radius 2 is 1.69 bits per heavy atom. The Hall–Kier alpha value is -3.32. The van der Waals surface area contributed by atoms with Crippen LogP contribution >= 0.6 is 23.2 Å². The standard InChI is InChI=1S/C27H25Cl2N3O3/c1-3-32-16-25(22-13-8-19(28)15-23(22)29)31-26(32)24(30)14-17-4-9-20(10-5-17)35-21-11-6-18(7-12-21)27(33)34-2/h4-13,15-16,24H,3,14,30H2,1-2H3. The maximum atomic E-state index is 11.6. The van der Waals surface area contributed by atoms with Gasteiger partial charge in [0.15, 0.2) is 0 Å². The number of carbonyl (C=O) groups excluding carboxylic acids is 1. The van der Waals surface area contributed by atoms with Crippen LogP contribution in [0.25, 0.3) is 11.3 Å². The molecule has 0 aliphatic carbocycles. The minimum absolute atomic E-state index is 0.299. The number of benzene rings is 3. The molecule has 1 atom stereocenters. The second kappa shape index (κ2) is 11.0. The molecule has 1 heterocycles. The van der Waals surface area contributed by atoms with Crippen molar-refractivity contribution in [3.05, 3.63) is 99.9 Å². The zero-order chi connectivity index (χ0) is 24.9. The zero-order valence-electron chi connectivity index (χ0n) is 19.4. The van der Waals surface area contributed by atoms with E-state index in [1.165, 1.54) is 7.11 Å². The van der Waals surface area contributed by atoms with E-state index in [0.717, 1.165) is 29.2 Å². The molecule has 0 spiro atoms. The molecular formula is C27H25Cl2N3O3. The molecule has 2 N–H and O–H groups in total. The van der Waals surface area contributed by atoms with Crippen molar-refractivity contribution in [3.63, 3.8) is 0 Å². The van der Waals surface area contributed by atoms with Crippen LogP contribution in [0.2, 0.25) is 10.0 Å². The molecule has 0 saturated carbocycles. The first-order chi connectivity index (χ1) is 16.9. The van der Waals surface area contributed by atoms with Crippen molar-refractivity contribution in [2.45, 2.75) is 25.9 Å². The van der Waals surface area contributed by atoms with Crippen molar-refractivity contribution in [2.75, 3.05) is 7.11 Å². The lowest BCUT2D eigenvalue weighted by molar-refractivity contribution is 0.0600. The van der Waals surface area contributed by atoms with Crippen LogP contribution in [0.1, 0.15) is 34.7 Å². The van der Waals surface area contributed by atoms with Crippen LogP contribution in [0.4, 0.5) is 0 Å². The number of nitrogens with two attached hydrogens (primary N) is 1. The van der Waals surface area contributed by atoms with E-state index in [9.17, 15) is 4.79 Å². The predicted octanol–water partition coefficient (Wildman–Crippen LogP) is 6.70. The molecular weight excluding hydrogens is 485 g/mol. The Balaban J connectivity index is 1.45. The highest BCUT2D eigenvalue weighted by atomic mass is 35.5. The number of rotatable bonds is 8. The molecule has 0 amide bonds. The van der Waals surface area contributed by atoms with Crippen molar-refractivity contribution < 1.29 is 14.3 Å². The van der Waals surface area contributed by atoms with Gasteiger partial charge in [0, 0.05) is 23.3 Å². The molecule has 3 aromatic carbocycles. The summed E-state index contributed by atoms with van der Waals surface area (Å²) < 4.78 is 12.6. The molecule has 0 radical (unpaired) electrons. The highest BCUT2D eigenvalue weighted by Crippen LogP contribution is 2.31. The van der Waals surface area contributed by atoms with Crippen molar-refractivity contribution in [2.24, 2.45) is 5.73 Å². The van der Waals surface area contributed by atoms with Gasteiger partial charge < -0.3 is 19.8 Å². The smallest absolute Gasteiger partial charge is 0.337 e. The van der Waals surface area contributed by atoms with E-state index in [2.05, 4.69) is 6.92 Å². The first kappa shape index (κ1) is 24.8. The third kappa shape index (κ3) is 5.85. The van der Waals surface area contributed by atoms with E-state index >= 15 is 0 Å². The van der Waals surface area contributed by atoms with Gasteiger partial charge >= 0.3 is 5.97 Å². The quantitative estimate of drug-likeness (QED) is 0.267. The zero-order valence-corrected chi connectivity index (χ0v) is 20.9. The molecule has 4 aromatic rings. The van der Waals surface area contributed by atoms with Crippen LogP contribution in [0.3, 0.4) is 0 Å². The topological polar surface area (TPSA) is 79.4 Å². The summed E-state index contributed by atoms with van der Waals surface area (Å²) in [6, 6.07) is 19.6. The first-order valence-electron chi connectivity index (χ1n) is 11.1. The highest BCUT2D eigenvalue weighted by Gasteiger charge is 2.18. The minimum Gasteiger partial charge on any atom is -0.465 e. The number of ether oxygens (including phenoxy) is 2. The minimum atomic E-state index is -0.385. The van der Waals surface area contributed by atoms with Gasteiger partial charge in [-0.25, -0.2) is 9.78 Å². The fraction of sp³-hybridized carbons (Fsp3) is 0.185. The average molecular weight is 510 g/mol. The van der Waals surface area contributed by atoms with E-state index in [4.69, 9.17) is 43.4 Å². The SMILES string of the molecule is CCn1cc(-c2ccc(Cl)cc2Cl)nc1C(N)Cc1ccc(Oc2ccc(C(=O)OC)cc2)cc1. The number of halogens is 2. The van der Waals surface area contributed by atoms with Gasteiger partial charge in [0.05, 0.1) is 29.4 Å². The number of hydrogen-bond acceptors (Lipinski definition) is 5. The molecule has 0 saturated heterocycles. The van der Waals surface area contributed by atoms with Crippen molar-refractivity contribution in [1.82, 2.24) is 9.55 Å². The molecule has 180 valence electrons. The average Bonchev–Trinajstić information content (AvgIpc) is 3.29. The van der Waals surface area contributed by atoms with Crippen LogP contribution in [-0.4, -0.2) is 22.6 Å². The summed E-state index contributed by atoms with van der Waals surface area (Å²) in [6.07, 6.45) is 2.58. The Morgan fingerprint density at radius 3 is 2.29 bits per heavy atom. The summed E-state index contributed by atoms with van der Waals surface area (Å²) in [6.45, 7) is 2.79. The molecule has 0 fully saturated rings. The molecule has 6 nitrogen and oxygen atoms in total. The predicted molar refractivity (Wildman–Crippen MR) is 138 cm³/mol. The van der Waals surface area contributed by atoms with Crippen molar-refractivity contribution >= 4 is 29.2 Å². The number of aryl methyl sites for hydroxylation is 1. The largest absolute Gasteiger partial charge is 0.465 e. The fourth-order valence-electron chi connectivity index (χ4n) is 3.76. The number of carbonyl (C=O) groups is 1. The summed E-state index contributed by atoms with van der Waals surface area (Å²) in [5, 5.41) is 1.13. The number of imidazole rings is 1. The summed E-state index contributed by atoms with van der Waals surface area (Å²) in [7, 11) is 1.35. The van der Waals surface area contributed by atoms with Crippen LogP contribution in [0, 0.1) is 0 Å². The second-order valence-corrected chi connectivity index (χ2v) is 8.81. The number of aromatic nitrogens is 2. The van der Waals surface area contributed by atoms with Crippen LogP contribution < -0.4 is 10.5 Å². The molecule has 0 aliphatic rings. The maximum Gasteiger partial charge on any atom is 0.337 e. The van der Waals surface area contributed by atoms with E-state index in [-0.39, 0.29) is 12.0 Å². The van der Waals surface area contributed by atoms with Gasteiger partial charge in [0.1, 0.15) is 17.3 Å². The van der Waals surface area contributed by atoms with Gasteiger partial charge in [-0.3, -0.25) is 0 Å². The molecule has 4 rings (SSSR count). The molecule has 35 heavy (non-hydrogen) atoms.